The summed E-state index contributed by atoms with van der Waals surface area (Å²) in [7, 11) is 0. The van der Waals surface area contributed by atoms with Crippen molar-refractivity contribution in [3.63, 3.8) is 0 Å². The van der Waals surface area contributed by atoms with Gasteiger partial charge < -0.3 is 20.9 Å². The van der Waals surface area contributed by atoms with Crippen LogP contribution in [0.2, 0.25) is 0 Å². The zero-order valence-electron chi connectivity index (χ0n) is 21.5. The maximum atomic E-state index is 12.1. The minimum Gasteiger partial charge on any atom is -0.384 e. The number of anilines is 1. The second-order valence-corrected chi connectivity index (χ2v) is 9.64. The minimum absolute atomic E-state index is 0.442. The third-order valence-corrected chi connectivity index (χ3v) is 6.55. The van der Waals surface area contributed by atoms with Crippen molar-refractivity contribution in [3.8, 4) is 16.8 Å². The van der Waals surface area contributed by atoms with E-state index in [-0.39, 0.29) is 0 Å². The summed E-state index contributed by atoms with van der Waals surface area (Å²) in [6, 6.07) is 18.4. The van der Waals surface area contributed by atoms with E-state index < -0.39 is 5.91 Å². The highest BCUT2D eigenvalue weighted by molar-refractivity contribution is 6.00. The van der Waals surface area contributed by atoms with Crippen LogP contribution in [-0.4, -0.2) is 39.6 Å². The summed E-state index contributed by atoms with van der Waals surface area (Å²) >= 11 is 0. The molecule has 0 aliphatic rings. The second kappa shape index (κ2) is 10.4. The van der Waals surface area contributed by atoms with Gasteiger partial charge in [-0.2, -0.15) is 0 Å². The number of fused-ring (bicyclic) bond motifs is 2. The molecule has 3 heterocycles. The van der Waals surface area contributed by atoms with Crippen molar-refractivity contribution in [2.45, 2.75) is 33.2 Å². The van der Waals surface area contributed by atoms with Crippen molar-refractivity contribution < 1.29 is 4.79 Å². The number of para-hydroxylation sites is 1. The van der Waals surface area contributed by atoms with Crippen LogP contribution >= 0.6 is 0 Å². The van der Waals surface area contributed by atoms with Crippen LogP contribution in [0.3, 0.4) is 0 Å². The summed E-state index contributed by atoms with van der Waals surface area (Å²) in [6.45, 7) is 7.97. The smallest absolute Gasteiger partial charge is 0.250 e. The summed E-state index contributed by atoms with van der Waals surface area (Å²) in [4.78, 5) is 21.5. The first-order chi connectivity index (χ1) is 17.9. The minimum atomic E-state index is -0.452. The van der Waals surface area contributed by atoms with Gasteiger partial charge in [0.25, 0.3) is 5.91 Å². The largest absolute Gasteiger partial charge is 0.384 e. The Hall–Kier alpha value is -4.23. The Balaban J connectivity index is 1.52. The monoisotopic (exact) mass is 492 g/mol. The molecule has 0 unspecified atom stereocenters. The molecule has 2 aromatic carbocycles. The number of aromatic nitrogens is 3. The van der Waals surface area contributed by atoms with Gasteiger partial charge in [-0.25, -0.2) is 4.98 Å². The van der Waals surface area contributed by atoms with Gasteiger partial charge in [-0.15, -0.1) is 0 Å². The molecule has 0 aliphatic carbocycles. The van der Waals surface area contributed by atoms with E-state index in [1.54, 1.807) is 6.07 Å². The summed E-state index contributed by atoms with van der Waals surface area (Å²) in [5.74, 6) is -0.452. The number of primary amides is 1. The fourth-order valence-corrected chi connectivity index (χ4v) is 4.74. The molecule has 37 heavy (non-hydrogen) atoms. The Morgan fingerprint density at radius 3 is 2.70 bits per heavy atom. The number of nitrogens with two attached hydrogens (primary N) is 1. The highest BCUT2D eigenvalue weighted by Crippen LogP contribution is 2.34. The van der Waals surface area contributed by atoms with E-state index in [2.05, 4.69) is 59.3 Å². The predicted molar refractivity (Wildman–Crippen MR) is 151 cm³/mol. The van der Waals surface area contributed by atoms with Gasteiger partial charge >= 0.3 is 0 Å². The van der Waals surface area contributed by atoms with Crippen LogP contribution in [0.5, 0.6) is 0 Å². The van der Waals surface area contributed by atoms with Gasteiger partial charge in [0.2, 0.25) is 0 Å². The van der Waals surface area contributed by atoms with Crippen LogP contribution in [0.1, 0.15) is 36.2 Å². The molecule has 0 radical (unpaired) electrons. The van der Waals surface area contributed by atoms with Crippen molar-refractivity contribution in [2.24, 2.45) is 5.73 Å². The van der Waals surface area contributed by atoms with Crippen molar-refractivity contribution >= 4 is 33.5 Å². The lowest BCUT2D eigenvalue weighted by atomic mass is 10.0. The number of benzene rings is 2. The average Bonchev–Trinajstić information content (AvgIpc) is 3.24. The number of hydrogen-bond donors (Lipinski definition) is 3. The molecule has 0 atom stereocenters. The number of nitrogens with one attached hydrogen (secondary N) is 2. The first-order valence-corrected chi connectivity index (χ1v) is 12.7. The Kier molecular flexibility index (Phi) is 6.88. The number of pyridine rings is 2. The quantitative estimate of drug-likeness (QED) is 0.238. The maximum absolute atomic E-state index is 12.1. The molecule has 0 saturated carbocycles. The summed E-state index contributed by atoms with van der Waals surface area (Å²) in [5.41, 5.74) is 12.9. The van der Waals surface area contributed by atoms with Crippen molar-refractivity contribution in [1.82, 2.24) is 19.9 Å². The molecular formula is C30H32N6O. The Labute approximate surface area is 216 Å². The number of rotatable bonds is 9. The zero-order chi connectivity index (χ0) is 25.9. The molecular weight excluding hydrogens is 460 g/mol. The number of carbonyl (C=O) groups excluding carboxylic acids is 1. The molecule has 0 saturated heterocycles. The molecule has 0 fully saturated rings. The lowest BCUT2D eigenvalue weighted by molar-refractivity contribution is 0.100. The molecule has 7 nitrogen and oxygen atoms in total. The van der Waals surface area contributed by atoms with Gasteiger partial charge in [0, 0.05) is 58.9 Å². The third kappa shape index (κ3) is 5.04. The van der Waals surface area contributed by atoms with Crippen LogP contribution in [0.4, 0.5) is 5.69 Å². The van der Waals surface area contributed by atoms with E-state index in [4.69, 9.17) is 10.7 Å². The van der Waals surface area contributed by atoms with Crippen molar-refractivity contribution in [2.75, 3.05) is 18.4 Å². The lowest BCUT2D eigenvalue weighted by Gasteiger charge is -2.14. The molecule has 5 rings (SSSR count). The van der Waals surface area contributed by atoms with Gasteiger partial charge in [0.15, 0.2) is 0 Å². The van der Waals surface area contributed by atoms with Crippen LogP contribution in [0.25, 0.3) is 38.8 Å². The van der Waals surface area contributed by atoms with Crippen LogP contribution in [0, 0.1) is 6.92 Å². The molecule has 1 amide bonds. The lowest BCUT2D eigenvalue weighted by Crippen LogP contribution is -2.25. The Morgan fingerprint density at radius 2 is 1.89 bits per heavy atom. The molecule has 5 aromatic rings. The van der Waals surface area contributed by atoms with Crippen LogP contribution < -0.4 is 16.4 Å². The maximum Gasteiger partial charge on any atom is 0.250 e. The van der Waals surface area contributed by atoms with Gasteiger partial charge in [-0.1, -0.05) is 32.0 Å². The fourth-order valence-electron chi connectivity index (χ4n) is 4.74. The molecule has 3 aromatic heterocycles. The average molecular weight is 493 g/mol. The van der Waals surface area contributed by atoms with E-state index in [9.17, 15) is 4.79 Å². The van der Waals surface area contributed by atoms with E-state index in [1.807, 2.05) is 48.8 Å². The molecule has 0 bridgehead atoms. The van der Waals surface area contributed by atoms with Gasteiger partial charge in [-0.05, 0) is 67.4 Å². The van der Waals surface area contributed by atoms with Crippen molar-refractivity contribution in [3.05, 3.63) is 84.3 Å². The summed E-state index contributed by atoms with van der Waals surface area (Å²) in [6.07, 6.45) is 6.77. The number of amides is 1. The Bertz CT molecular complexity index is 1590. The third-order valence-electron chi connectivity index (χ3n) is 6.55. The molecule has 188 valence electrons. The predicted octanol–water partition coefficient (Wildman–Crippen LogP) is 5.45. The van der Waals surface area contributed by atoms with Gasteiger partial charge in [0.1, 0.15) is 5.65 Å². The highest BCUT2D eigenvalue weighted by Gasteiger charge is 2.16. The van der Waals surface area contributed by atoms with E-state index >= 15 is 0 Å². The first-order valence-electron chi connectivity index (χ1n) is 12.7. The molecule has 0 aliphatic heterocycles. The molecule has 7 heteroatoms. The second-order valence-electron chi connectivity index (χ2n) is 9.64. The van der Waals surface area contributed by atoms with Gasteiger partial charge in [0.05, 0.1) is 11.1 Å². The summed E-state index contributed by atoms with van der Waals surface area (Å²) < 4.78 is 2.07. The van der Waals surface area contributed by atoms with E-state index in [0.717, 1.165) is 69.5 Å². The fraction of sp³-hybridized carbons (Fsp3) is 0.233. The van der Waals surface area contributed by atoms with E-state index in [1.165, 1.54) is 0 Å². The summed E-state index contributed by atoms with van der Waals surface area (Å²) in [5, 5.41) is 8.99. The Morgan fingerprint density at radius 1 is 1.05 bits per heavy atom. The van der Waals surface area contributed by atoms with E-state index in [0.29, 0.717) is 11.6 Å². The number of nitrogens with zero attached hydrogens (tertiary/aromatic N) is 3. The molecule has 0 spiro atoms. The standard InChI is InChI=1S/C30H32N6O/c1-19(2)32-12-6-13-33-27-16-23(9-10-25(27)29(31)37)36-18-20(3)28-24(11-14-34-30(28)36)22-15-21-7-4-5-8-26(21)35-17-22/h4-5,7-11,14-19,32-33H,6,12-13H2,1-3H3,(H2,31,37). The normalized spacial score (nSPS) is 11.5. The SMILES string of the molecule is Cc1cn(-c2ccc(C(N)=O)c(NCCCNC(C)C)c2)c2nccc(-c3cnc4ccccc4c3)c12. The molecule has 4 N–H and O–H groups in total. The van der Waals surface area contributed by atoms with Crippen LogP contribution in [-0.2, 0) is 0 Å². The number of carbonyl (C=O) groups is 1. The topological polar surface area (TPSA) is 97.9 Å². The van der Waals surface area contributed by atoms with Crippen molar-refractivity contribution in [1.29, 1.82) is 0 Å². The highest BCUT2D eigenvalue weighted by atomic mass is 16.1. The number of aryl methyl sites for hydroxylation is 1. The first kappa shape index (κ1) is 24.5. The van der Waals surface area contributed by atoms with Crippen LogP contribution in [0.15, 0.2) is 73.2 Å². The number of hydrogen-bond acceptors (Lipinski definition) is 5. The van der Waals surface area contributed by atoms with Gasteiger partial charge in [-0.3, -0.25) is 9.78 Å². The zero-order valence-corrected chi connectivity index (χ0v) is 21.5.